The van der Waals surface area contributed by atoms with Crippen LogP contribution in [0.2, 0.25) is 0 Å². The largest absolute Gasteiger partial charge is 0.484 e. The van der Waals surface area contributed by atoms with Crippen LogP contribution in [0.15, 0.2) is 23.7 Å². The Morgan fingerprint density at radius 3 is 2.75 bits per heavy atom. The molecule has 2 aliphatic rings. The highest BCUT2D eigenvalue weighted by atomic mass is 32.1. The number of amides is 2. The Labute approximate surface area is 169 Å². The highest BCUT2D eigenvalue weighted by Gasteiger charge is 2.41. The molecule has 0 spiro atoms. The highest BCUT2D eigenvalue weighted by molar-refractivity contribution is 7.16. The maximum Gasteiger partial charge on any atom is 0.318 e. The molecule has 28 heavy (non-hydrogen) atoms. The molecule has 2 N–H and O–H groups in total. The van der Waals surface area contributed by atoms with Crippen molar-refractivity contribution in [3.63, 3.8) is 0 Å². The minimum Gasteiger partial charge on any atom is -0.484 e. The number of para-hydroxylation sites is 1. The summed E-state index contributed by atoms with van der Waals surface area (Å²) in [6.07, 6.45) is 3.74. The van der Waals surface area contributed by atoms with E-state index in [9.17, 15) is 9.90 Å². The van der Waals surface area contributed by atoms with Crippen molar-refractivity contribution in [2.45, 2.75) is 70.2 Å². The third-order valence-electron chi connectivity index (χ3n) is 6.32. The lowest BCUT2D eigenvalue weighted by atomic mass is 9.77. The van der Waals surface area contributed by atoms with Crippen LogP contribution in [0.1, 0.15) is 46.5 Å². The quantitative estimate of drug-likeness (QED) is 0.815. The number of rotatable bonds is 4. The van der Waals surface area contributed by atoms with E-state index in [-0.39, 0.29) is 24.2 Å². The Bertz CT molecular complexity index is 839. The first-order chi connectivity index (χ1) is 13.3. The van der Waals surface area contributed by atoms with E-state index in [2.05, 4.69) is 10.3 Å². The van der Waals surface area contributed by atoms with Crippen molar-refractivity contribution in [1.29, 1.82) is 0 Å². The van der Waals surface area contributed by atoms with Crippen molar-refractivity contribution >= 4 is 27.6 Å². The first kappa shape index (κ1) is 19.5. The maximum absolute atomic E-state index is 12.7. The lowest BCUT2D eigenvalue weighted by Gasteiger charge is -2.46. The maximum atomic E-state index is 12.7. The molecule has 0 radical (unpaired) electrons. The van der Waals surface area contributed by atoms with Crippen molar-refractivity contribution in [1.82, 2.24) is 15.2 Å². The smallest absolute Gasteiger partial charge is 0.318 e. The lowest BCUT2D eigenvalue weighted by Crippen LogP contribution is -2.65. The number of carbonyl (C=O) groups excluding carboxylic acids is 1. The van der Waals surface area contributed by atoms with Gasteiger partial charge in [0.05, 0.1) is 28.4 Å². The number of hydrogen-bond donors (Lipinski definition) is 2. The fourth-order valence-corrected chi connectivity index (χ4v) is 4.99. The molecule has 0 bridgehead atoms. The molecule has 6 nitrogen and oxygen atoms in total. The van der Waals surface area contributed by atoms with E-state index < -0.39 is 5.60 Å². The number of likely N-dealkylation sites (tertiary alicyclic amines) is 1. The molecule has 1 aliphatic carbocycles. The molecule has 2 aromatic rings. The Hall–Kier alpha value is -1.86. The van der Waals surface area contributed by atoms with Crippen LogP contribution >= 0.6 is 11.3 Å². The van der Waals surface area contributed by atoms with Gasteiger partial charge in [0.1, 0.15) is 17.4 Å². The van der Waals surface area contributed by atoms with Crippen molar-refractivity contribution in [2.24, 2.45) is 5.92 Å². The highest BCUT2D eigenvalue weighted by Crippen LogP contribution is 2.33. The number of thiazole rings is 1. The number of nitrogens with zero attached hydrogens (tertiary/aromatic N) is 2. The molecule has 7 heteroatoms. The summed E-state index contributed by atoms with van der Waals surface area (Å²) in [6, 6.07) is 6.18. The second kappa shape index (κ2) is 7.52. The van der Waals surface area contributed by atoms with E-state index in [0.29, 0.717) is 12.5 Å². The number of fused-ring (bicyclic) bond motifs is 1. The molecule has 1 aromatic carbocycles. The Kier molecular flexibility index (Phi) is 5.22. The normalized spacial score (nSPS) is 28.1. The van der Waals surface area contributed by atoms with E-state index in [4.69, 9.17) is 4.74 Å². The molecule has 2 amide bonds. The zero-order valence-electron chi connectivity index (χ0n) is 16.7. The van der Waals surface area contributed by atoms with E-state index in [1.54, 1.807) is 11.3 Å². The van der Waals surface area contributed by atoms with Gasteiger partial charge in [0.2, 0.25) is 0 Å². The summed E-state index contributed by atoms with van der Waals surface area (Å²) in [5, 5.41) is 13.3. The molecule has 1 saturated carbocycles. The van der Waals surface area contributed by atoms with Crippen molar-refractivity contribution in [3.8, 4) is 5.75 Å². The first-order valence-electron chi connectivity index (χ1n) is 10.1. The molecule has 2 heterocycles. The second-order valence-corrected chi connectivity index (χ2v) is 9.54. The number of ether oxygens (including phenoxy) is 1. The fourth-order valence-electron chi connectivity index (χ4n) is 4.30. The second-order valence-electron chi connectivity index (χ2n) is 8.66. The van der Waals surface area contributed by atoms with Crippen LogP contribution in [0.3, 0.4) is 0 Å². The number of nitrogens with one attached hydrogen (secondary N) is 1. The van der Waals surface area contributed by atoms with Gasteiger partial charge < -0.3 is 20.1 Å². The summed E-state index contributed by atoms with van der Waals surface area (Å²) in [4.78, 5) is 18.9. The third-order valence-corrected chi connectivity index (χ3v) is 7.12. The predicted octanol–water partition coefficient (Wildman–Crippen LogP) is 3.79. The van der Waals surface area contributed by atoms with E-state index in [1.165, 1.54) is 0 Å². The van der Waals surface area contributed by atoms with E-state index in [1.807, 2.05) is 49.4 Å². The van der Waals surface area contributed by atoms with Crippen molar-refractivity contribution in [2.75, 3.05) is 6.54 Å². The average Bonchev–Trinajstić information content (AvgIpc) is 3.13. The molecule has 2 fully saturated rings. The van der Waals surface area contributed by atoms with E-state index in [0.717, 1.165) is 41.6 Å². The number of aliphatic hydroxyl groups is 1. The van der Waals surface area contributed by atoms with Crippen LogP contribution in [0, 0.1) is 5.92 Å². The van der Waals surface area contributed by atoms with Gasteiger partial charge in [-0.1, -0.05) is 6.07 Å². The monoisotopic (exact) mass is 403 g/mol. The van der Waals surface area contributed by atoms with Crippen molar-refractivity contribution in [3.05, 3.63) is 23.7 Å². The zero-order valence-corrected chi connectivity index (χ0v) is 17.5. The summed E-state index contributed by atoms with van der Waals surface area (Å²) >= 11 is 1.60. The first-order valence-corrected chi connectivity index (χ1v) is 11.0. The molecule has 1 saturated heterocycles. The third kappa shape index (κ3) is 3.82. The summed E-state index contributed by atoms with van der Waals surface area (Å²) in [5.74, 6) is 1.11. The molecule has 2 atom stereocenters. The number of benzene rings is 1. The lowest BCUT2D eigenvalue weighted by molar-refractivity contribution is -0.0120. The number of urea groups is 1. The van der Waals surface area contributed by atoms with E-state index >= 15 is 0 Å². The van der Waals surface area contributed by atoms with Crippen molar-refractivity contribution < 1.29 is 14.6 Å². The van der Waals surface area contributed by atoms with Gasteiger partial charge in [-0.25, -0.2) is 9.78 Å². The summed E-state index contributed by atoms with van der Waals surface area (Å²) in [5.41, 5.74) is 2.09. The van der Waals surface area contributed by atoms with Crippen LogP contribution < -0.4 is 10.1 Å². The van der Waals surface area contributed by atoms with Crippen LogP contribution in [0.5, 0.6) is 5.75 Å². The van der Waals surface area contributed by atoms with Gasteiger partial charge >= 0.3 is 6.03 Å². The Balaban J connectivity index is 1.28. The van der Waals surface area contributed by atoms with Gasteiger partial charge in [0.15, 0.2) is 0 Å². The molecule has 152 valence electrons. The van der Waals surface area contributed by atoms with Gasteiger partial charge in [-0.15, -0.1) is 11.3 Å². The topological polar surface area (TPSA) is 74.7 Å². The summed E-state index contributed by atoms with van der Waals surface area (Å²) < 4.78 is 7.26. The molecule has 4 rings (SSSR count). The molecule has 1 aromatic heterocycles. The minimum atomic E-state index is -0.633. The molecular weight excluding hydrogens is 374 g/mol. The number of carbonyl (C=O) groups is 1. The SMILES string of the molecule is CC1C(Oc2cccc3scnc23)CN1C(=O)N[C@H]1CC[C@H](C(C)(C)O)CC1. The summed E-state index contributed by atoms with van der Waals surface area (Å²) in [7, 11) is 0. The van der Waals surface area contributed by atoms with Crippen LogP contribution in [0.25, 0.3) is 10.2 Å². The predicted molar refractivity (Wildman–Crippen MR) is 111 cm³/mol. The van der Waals surface area contributed by atoms with Gasteiger partial charge in [0, 0.05) is 6.04 Å². The molecule has 2 unspecified atom stereocenters. The van der Waals surface area contributed by atoms with Gasteiger partial charge in [-0.05, 0) is 64.5 Å². The summed E-state index contributed by atoms with van der Waals surface area (Å²) in [6.45, 7) is 6.38. The number of aromatic nitrogens is 1. The van der Waals surface area contributed by atoms with Crippen LogP contribution in [-0.4, -0.2) is 51.4 Å². The Morgan fingerprint density at radius 1 is 1.32 bits per heavy atom. The zero-order chi connectivity index (χ0) is 19.9. The van der Waals surface area contributed by atoms with Gasteiger partial charge in [-0.3, -0.25) is 0 Å². The Morgan fingerprint density at radius 2 is 2.07 bits per heavy atom. The average molecular weight is 404 g/mol. The van der Waals surface area contributed by atoms with Gasteiger partial charge in [-0.2, -0.15) is 0 Å². The molecule has 1 aliphatic heterocycles. The standard InChI is InChI=1S/C21H29N3O3S/c1-13-17(27-16-5-4-6-18-19(16)22-12-28-18)11-24(13)20(25)23-15-9-7-14(8-10-15)21(2,3)26/h4-6,12-15,17,26H,7-11H2,1-3H3,(H,23,25)/t13?,14-,15-,17?. The minimum absolute atomic E-state index is 0.00840. The van der Waals surface area contributed by atoms with Crippen LogP contribution in [0.4, 0.5) is 4.79 Å². The van der Waals surface area contributed by atoms with Crippen LogP contribution in [-0.2, 0) is 0 Å². The number of hydrogen-bond acceptors (Lipinski definition) is 5. The van der Waals surface area contributed by atoms with Gasteiger partial charge in [0.25, 0.3) is 0 Å². The fraction of sp³-hybridized carbons (Fsp3) is 0.619. The molecular formula is C21H29N3O3S.